The summed E-state index contributed by atoms with van der Waals surface area (Å²) in [5.74, 6) is -0.126. The third-order valence-electron chi connectivity index (χ3n) is 3.38. The number of hydrogen-bond donors (Lipinski definition) is 2. The molecule has 0 saturated carbocycles. The van der Waals surface area contributed by atoms with Crippen molar-refractivity contribution in [1.29, 1.82) is 0 Å². The Kier molecular flexibility index (Phi) is 5.36. The molecule has 1 aromatic rings. The first-order valence-electron chi connectivity index (χ1n) is 6.49. The van der Waals surface area contributed by atoms with E-state index < -0.39 is 0 Å². The summed E-state index contributed by atoms with van der Waals surface area (Å²) < 4.78 is 4.83. The summed E-state index contributed by atoms with van der Waals surface area (Å²) in [6, 6.07) is 5.17. The highest BCUT2D eigenvalue weighted by Crippen LogP contribution is 2.34. The molecule has 0 radical (unpaired) electrons. The second-order valence-corrected chi connectivity index (χ2v) is 5.21. The molecule has 0 aliphatic carbocycles. The van der Waals surface area contributed by atoms with E-state index in [0.29, 0.717) is 0 Å². The van der Waals surface area contributed by atoms with Crippen molar-refractivity contribution in [2.45, 2.75) is 39.0 Å². The lowest BCUT2D eigenvalue weighted by Gasteiger charge is -2.25. The quantitative estimate of drug-likeness (QED) is 0.774. The van der Waals surface area contributed by atoms with Crippen LogP contribution in [0, 0.1) is 0 Å². The fraction of sp³-hybridized carbons (Fsp3) is 0.533. The van der Waals surface area contributed by atoms with E-state index in [2.05, 4.69) is 20.8 Å². The number of hydrogen-bond acceptors (Lipinski definition) is 4. The molecule has 4 nitrogen and oxygen atoms in total. The van der Waals surface area contributed by atoms with Crippen molar-refractivity contribution in [3.8, 4) is 5.75 Å². The van der Waals surface area contributed by atoms with Crippen LogP contribution in [-0.2, 0) is 21.4 Å². The molecule has 4 heteroatoms. The smallest absolute Gasteiger partial charge is 0.310 e. The topological polar surface area (TPSA) is 66.8 Å². The highest BCUT2D eigenvalue weighted by atomic mass is 16.5. The van der Waals surface area contributed by atoms with Crippen LogP contribution in [-0.4, -0.2) is 29.4 Å². The SMILES string of the molecule is CCC(C)(C)c1cc(CC(=O)OCCO)ccc1O. The number of carbonyl (C=O) groups excluding carboxylic acids is 1. The van der Waals surface area contributed by atoms with E-state index in [-0.39, 0.29) is 36.8 Å². The lowest BCUT2D eigenvalue weighted by Crippen LogP contribution is -2.17. The van der Waals surface area contributed by atoms with E-state index in [1.807, 2.05) is 6.07 Å². The lowest BCUT2D eigenvalue weighted by atomic mass is 9.81. The van der Waals surface area contributed by atoms with Crippen LogP contribution in [0.2, 0.25) is 0 Å². The molecule has 0 bridgehead atoms. The van der Waals surface area contributed by atoms with Crippen molar-refractivity contribution in [3.63, 3.8) is 0 Å². The summed E-state index contributed by atoms with van der Waals surface area (Å²) in [7, 11) is 0. The molecular formula is C15H22O4. The Balaban J connectivity index is 2.88. The zero-order chi connectivity index (χ0) is 14.5. The zero-order valence-electron chi connectivity index (χ0n) is 11.8. The van der Waals surface area contributed by atoms with Crippen LogP contribution < -0.4 is 0 Å². The van der Waals surface area contributed by atoms with Crippen molar-refractivity contribution >= 4 is 5.97 Å². The van der Waals surface area contributed by atoms with Gasteiger partial charge in [-0.05, 0) is 29.0 Å². The molecule has 1 rings (SSSR count). The van der Waals surface area contributed by atoms with E-state index in [1.165, 1.54) is 0 Å². The van der Waals surface area contributed by atoms with Gasteiger partial charge in [0, 0.05) is 0 Å². The Hall–Kier alpha value is -1.55. The summed E-state index contributed by atoms with van der Waals surface area (Å²) in [5.41, 5.74) is 1.49. The summed E-state index contributed by atoms with van der Waals surface area (Å²) >= 11 is 0. The number of phenols is 1. The normalized spacial score (nSPS) is 11.4. The summed E-state index contributed by atoms with van der Waals surface area (Å²) in [5, 5.41) is 18.5. The van der Waals surface area contributed by atoms with Gasteiger partial charge in [0.25, 0.3) is 0 Å². The van der Waals surface area contributed by atoms with Gasteiger partial charge in [-0.25, -0.2) is 0 Å². The van der Waals surface area contributed by atoms with Gasteiger partial charge in [0.05, 0.1) is 13.0 Å². The van der Waals surface area contributed by atoms with Gasteiger partial charge in [0.2, 0.25) is 0 Å². The van der Waals surface area contributed by atoms with Gasteiger partial charge in [0.1, 0.15) is 12.4 Å². The molecule has 0 aliphatic rings. The molecule has 0 atom stereocenters. The highest BCUT2D eigenvalue weighted by Gasteiger charge is 2.22. The molecule has 106 valence electrons. The third-order valence-corrected chi connectivity index (χ3v) is 3.38. The predicted molar refractivity (Wildman–Crippen MR) is 73.2 cm³/mol. The maximum atomic E-state index is 11.5. The number of esters is 1. The zero-order valence-corrected chi connectivity index (χ0v) is 11.8. The van der Waals surface area contributed by atoms with E-state index in [1.54, 1.807) is 12.1 Å². The predicted octanol–water partition coefficient (Wildman–Crippen LogP) is 2.16. The number of aliphatic hydroxyl groups excluding tert-OH is 1. The Labute approximate surface area is 114 Å². The molecular weight excluding hydrogens is 244 g/mol. The van der Waals surface area contributed by atoms with Crippen LogP contribution in [0.15, 0.2) is 18.2 Å². The maximum Gasteiger partial charge on any atom is 0.310 e. The molecule has 0 aliphatic heterocycles. The van der Waals surface area contributed by atoms with Crippen molar-refractivity contribution in [1.82, 2.24) is 0 Å². The number of aliphatic hydroxyl groups is 1. The minimum atomic E-state index is -0.375. The van der Waals surface area contributed by atoms with E-state index >= 15 is 0 Å². The number of rotatable bonds is 6. The van der Waals surface area contributed by atoms with Crippen LogP contribution in [0.1, 0.15) is 38.3 Å². The molecule has 0 unspecified atom stereocenters. The molecule has 0 saturated heterocycles. The molecule has 0 heterocycles. The van der Waals surface area contributed by atoms with Crippen molar-refractivity contribution in [3.05, 3.63) is 29.3 Å². The van der Waals surface area contributed by atoms with Crippen LogP contribution in [0.5, 0.6) is 5.75 Å². The molecule has 0 amide bonds. The third kappa shape index (κ3) is 4.24. The fourth-order valence-corrected chi connectivity index (χ4v) is 1.80. The van der Waals surface area contributed by atoms with E-state index in [0.717, 1.165) is 17.5 Å². The maximum absolute atomic E-state index is 11.5. The van der Waals surface area contributed by atoms with Crippen molar-refractivity contribution in [2.75, 3.05) is 13.2 Å². The van der Waals surface area contributed by atoms with E-state index in [4.69, 9.17) is 9.84 Å². The molecule has 0 spiro atoms. The molecule has 2 N–H and O–H groups in total. The first-order chi connectivity index (χ1) is 8.90. The Morgan fingerprint density at radius 2 is 2.05 bits per heavy atom. The minimum absolute atomic E-state index is 0.0181. The molecule has 19 heavy (non-hydrogen) atoms. The fourth-order valence-electron chi connectivity index (χ4n) is 1.80. The van der Waals surface area contributed by atoms with Gasteiger partial charge in [-0.3, -0.25) is 4.79 Å². The lowest BCUT2D eigenvalue weighted by molar-refractivity contribution is -0.143. The Morgan fingerprint density at radius 1 is 1.37 bits per heavy atom. The average Bonchev–Trinajstić information content (AvgIpc) is 2.38. The van der Waals surface area contributed by atoms with Gasteiger partial charge in [-0.1, -0.05) is 32.9 Å². The molecule has 1 aromatic carbocycles. The second kappa shape index (κ2) is 6.57. The minimum Gasteiger partial charge on any atom is -0.508 e. The highest BCUT2D eigenvalue weighted by molar-refractivity contribution is 5.72. The number of aromatic hydroxyl groups is 1. The van der Waals surface area contributed by atoms with Gasteiger partial charge in [0.15, 0.2) is 0 Å². The number of ether oxygens (including phenoxy) is 1. The van der Waals surface area contributed by atoms with Gasteiger partial charge < -0.3 is 14.9 Å². The number of carbonyl (C=O) groups is 1. The monoisotopic (exact) mass is 266 g/mol. The molecule has 0 fully saturated rings. The van der Waals surface area contributed by atoms with Crippen molar-refractivity contribution in [2.24, 2.45) is 0 Å². The summed E-state index contributed by atoms with van der Waals surface area (Å²) in [4.78, 5) is 11.5. The van der Waals surface area contributed by atoms with Gasteiger partial charge in [-0.15, -0.1) is 0 Å². The van der Waals surface area contributed by atoms with Gasteiger partial charge >= 0.3 is 5.97 Å². The van der Waals surface area contributed by atoms with Gasteiger partial charge in [-0.2, -0.15) is 0 Å². The van der Waals surface area contributed by atoms with Crippen molar-refractivity contribution < 1.29 is 19.7 Å². The first kappa shape index (κ1) is 15.5. The number of benzene rings is 1. The van der Waals surface area contributed by atoms with Crippen LogP contribution in [0.25, 0.3) is 0 Å². The first-order valence-corrected chi connectivity index (χ1v) is 6.49. The summed E-state index contributed by atoms with van der Waals surface area (Å²) in [6.07, 6.45) is 1.03. The Bertz CT molecular complexity index is 438. The summed E-state index contributed by atoms with van der Waals surface area (Å²) in [6.45, 7) is 6.01. The van der Waals surface area contributed by atoms with Crippen LogP contribution in [0.3, 0.4) is 0 Å². The average molecular weight is 266 g/mol. The second-order valence-electron chi connectivity index (χ2n) is 5.21. The number of phenolic OH excluding ortho intramolecular Hbond substituents is 1. The van der Waals surface area contributed by atoms with Crippen LogP contribution in [0.4, 0.5) is 0 Å². The molecule has 0 aromatic heterocycles. The van der Waals surface area contributed by atoms with Crippen LogP contribution >= 0.6 is 0 Å². The van der Waals surface area contributed by atoms with E-state index in [9.17, 15) is 9.90 Å². The Morgan fingerprint density at radius 3 is 2.63 bits per heavy atom. The largest absolute Gasteiger partial charge is 0.508 e. The standard InChI is InChI=1S/C15H22O4/c1-4-15(2,3)12-9-11(5-6-13(12)17)10-14(18)19-8-7-16/h5-6,9,16-17H,4,7-8,10H2,1-3H3.